The van der Waals surface area contributed by atoms with Crippen LogP contribution in [0.5, 0.6) is 0 Å². The van der Waals surface area contributed by atoms with Gasteiger partial charge in [0.2, 0.25) is 0 Å². The molecule has 1 heterocycles. The molecule has 1 atom stereocenters. The molecule has 0 saturated heterocycles. The van der Waals surface area contributed by atoms with E-state index >= 15 is 0 Å². The second kappa shape index (κ2) is 3.22. The van der Waals surface area contributed by atoms with Crippen molar-refractivity contribution in [3.05, 3.63) is 22.8 Å². The van der Waals surface area contributed by atoms with Crippen molar-refractivity contribution in [3.8, 4) is 0 Å². The Balaban J connectivity index is 2.41. The zero-order valence-corrected chi connectivity index (χ0v) is 9.98. The lowest BCUT2D eigenvalue weighted by Crippen LogP contribution is -2.18. The zero-order chi connectivity index (χ0) is 11.2. The van der Waals surface area contributed by atoms with E-state index in [2.05, 4.69) is 39.1 Å². The van der Waals surface area contributed by atoms with Crippen molar-refractivity contribution < 1.29 is 4.79 Å². The van der Waals surface area contributed by atoms with Gasteiger partial charge in [-0.25, -0.2) is 0 Å². The highest BCUT2D eigenvalue weighted by Crippen LogP contribution is 2.39. The number of rotatable bonds is 0. The van der Waals surface area contributed by atoms with Gasteiger partial charge in [-0.3, -0.25) is 4.79 Å². The van der Waals surface area contributed by atoms with Gasteiger partial charge in [0, 0.05) is 12.1 Å². The maximum absolute atomic E-state index is 11.6. The molecule has 0 aromatic heterocycles. The highest BCUT2D eigenvalue weighted by Gasteiger charge is 2.32. The van der Waals surface area contributed by atoms with Crippen LogP contribution in [-0.2, 0) is 4.79 Å². The molecule has 2 aliphatic rings. The summed E-state index contributed by atoms with van der Waals surface area (Å²) in [6.45, 7) is 9.61. The number of nitrogens with one attached hydrogen (secondary N) is 1. The summed E-state index contributed by atoms with van der Waals surface area (Å²) in [5.74, 6) is 0.622. The Labute approximate surface area is 91.4 Å². The van der Waals surface area contributed by atoms with Gasteiger partial charge in [-0.15, -0.1) is 0 Å². The van der Waals surface area contributed by atoms with E-state index in [1.165, 1.54) is 11.1 Å². The fourth-order valence-corrected chi connectivity index (χ4v) is 2.32. The SMILES string of the molecule is CC1CC(C(C)(C)C)=CC2=C1CNC2=O. The van der Waals surface area contributed by atoms with Crippen LogP contribution in [0.25, 0.3) is 0 Å². The largest absolute Gasteiger partial charge is 0.348 e. The Kier molecular flexibility index (Phi) is 2.25. The minimum absolute atomic E-state index is 0.110. The van der Waals surface area contributed by atoms with Gasteiger partial charge in [-0.05, 0) is 29.4 Å². The van der Waals surface area contributed by atoms with Gasteiger partial charge < -0.3 is 5.32 Å². The van der Waals surface area contributed by atoms with E-state index in [4.69, 9.17) is 0 Å². The lowest BCUT2D eigenvalue weighted by Gasteiger charge is -2.29. The van der Waals surface area contributed by atoms with Crippen molar-refractivity contribution in [2.24, 2.45) is 11.3 Å². The highest BCUT2D eigenvalue weighted by molar-refractivity contribution is 6.00. The summed E-state index contributed by atoms with van der Waals surface area (Å²) in [6.07, 6.45) is 3.20. The third kappa shape index (κ3) is 1.73. The predicted molar refractivity (Wildman–Crippen MR) is 61.4 cm³/mol. The van der Waals surface area contributed by atoms with Gasteiger partial charge in [0.25, 0.3) is 5.91 Å². The Hall–Kier alpha value is -1.05. The minimum atomic E-state index is 0.110. The molecule has 2 rings (SSSR count). The van der Waals surface area contributed by atoms with Crippen LogP contribution in [0.4, 0.5) is 0 Å². The summed E-state index contributed by atoms with van der Waals surface area (Å²) in [6, 6.07) is 0. The maximum Gasteiger partial charge on any atom is 0.251 e. The van der Waals surface area contributed by atoms with Crippen LogP contribution >= 0.6 is 0 Å². The van der Waals surface area contributed by atoms with Crippen LogP contribution in [0.2, 0.25) is 0 Å². The molecule has 15 heavy (non-hydrogen) atoms. The minimum Gasteiger partial charge on any atom is -0.348 e. The normalized spacial score (nSPS) is 26.3. The average Bonchev–Trinajstić information content (AvgIpc) is 2.47. The second-order valence-corrected chi connectivity index (χ2v) is 5.65. The summed E-state index contributed by atoms with van der Waals surface area (Å²) >= 11 is 0. The van der Waals surface area contributed by atoms with E-state index in [0.29, 0.717) is 5.92 Å². The molecule has 1 unspecified atom stereocenters. The second-order valence-electron chi connectivity index (χ2n) is 5.65. The first-order chi connectivity index (χ1) is 6.89. The lowest BCUT2D eigenvalue weighted by atomic mass is 9.75. The molecule has 0 radical (unpaired) electrons. The van der Waals surface area contributed by atoms with Crippen molar-refractivity contribution in [3.63, 3.8) is 0 Å². The molecule has 0 aromatic carbocycles. The monoisotopic (exact) mass is 205 g/mol. The molecule has 0 aromatic rings. The highest BCUT2D eigenvalue weighted by atomic mass is 16.1. The first-order valence-electron chi connectivity index (χ1n) is 5.62. The average molecular weight is 205 g/mol. The summed E-state index contributed by atoms with van der Waals surface area (Å²) in [5.41, 5.74) is 3.80. The molecule has 1 aliphatic heterocycles. The summed E-state index contributed by atoms with van der Waals surface area (Å²) < 4.78 is 0. The number of carbonyl (C=O) groups excluding carboxylic acids is 1. The van der Waals surface area contributed by atoms with Crippen molar-refractivity contribution in [2.45, 2.75) is 34.1 Å². The van der Waals surface area contributed by atoms with Crippen molar-refractivity contribution >= 4 is 5.91 Å². The first-order valence-corrected chi connectivity index (χ1v) is 5.62. The Morgan fingerprint density at radius 2 is 2.07 bits per heavy atom. The van der Waals surface area contributed by atoms with Gasteiger partial charge in [-0.2, -0.15) is 0 Å². The van der Waals surface area contributed by atoms with Crippen LogP contribution in [-0.4, -0.2) is 12.5 Å². The van der Waals surface area contributed by atoms with Crippen LogP contribution in [0.1, 0.15) is 34.1 Å². The molecule has 0 fully saturated rings. The third-order valence-electron chi connectivity index (χ3n) is 3.43. The van der Waals surface area contributed by atoms with E-state index in [1.807, 2.05) is 0 Å². The quantitative estimate of drug-likeness (QED) is 0.646. The predicted octanol–water partition coefficient (Wildman–Crippen LogP) is 2.43. The van der Waals surface area contributed by atoms with Crippen LogP contribution in [0.3, 0.4) is 0 Å². The summed E-state index contributed by atoms with van der Waals surface area (Å²) in [5, 5.41) is 2.91. The van der Waals surface area contributed by atoms with E-state index in [9.17, 15) is 4.79 Å². The number of hydrogen-bond donors (Lipinski definition) is 1. The molecule has 1 aliphatic carbocycles. The van der Waals surface area contributed by atoms with Crippen LogP contribution in [0, 0.1) is 11.3 Å². The lowest BCUT2D eigenvalue weighted by molar-refractivity contribution is -0.116. The van der Waals surface area contributed by atoms with Crippen molar-refractivity contribution in [1.82, 2.24) is 5.32 Å². The molecule has 2 heteroatoms. The van der Waals surface area contributed by atoms with Gasteiger partial charge in [0.1, 0.15) is 0 Å². The molecule has 2 nitrogen and oxygen atoms in total. The van der Waals surface area contributed by atoms with Crippen LogP contribution in [0.15, 0.2) is 22.8 Å². The van der Waals surface area contributed by atoms with Gasteiger partial charge in [0.15, 0.2) is 0 Å². The third-order valence-corrected chi connectivity index (χ3v) is 3.43. The Morgan fingerprint density at radius 3 is 2.67 bits per heavy atom. The summed E-state index contributed by atoms with van der Waals surface area (Å²) in [7, 11) is 0. The molecule has 1 N–H and O–H groups in total. The number of carbonyl (C=O) groups is 1. The number of amides is 1. The summed E-state index contributed by atoms with van der Waals surface area (Å²) in [4.78, 5) is 11.6. The maximum atomic E-state index is 11.6. The fraction of sp³-hybridized carbons (Fsp3) is 0.615. The Bertz CT molecular complexity index is 368. The number of allylic oxidation sites excluding steroid dienone is 1. The van der Waals surface area contributed by atoms with Gasteiger partial charge >= 0.3 is 0 Å². The molecular weight excluding hydrogens is 186 g/mol. The molecule has 0 bridgehead atoms. The van der Waals surface area contributed by atoms with E-state index < -0.39 is 0 Å². The molecule has 0 spiro atoms. The van der Waals surface area contributed by atoms with E-state index in [0.717, 1.165) is 18.5 Å². The van der Waals surface area contributed by atoms with Gasteiger partial charge in [-0.1, -0.05) is 33.3 Å². The topological polar surface area (TPSA) is 29.1 Å². The van der Waals surface area contributed by atoms with E-state index in [-0.39, 0.29) is 11.3 Å². The molecule has 82 valence electrons. The van der Waals surface area contributed by atoms with Crippen molar-refractivity contribution in [2.75, 3.05) is 6.54 Å². The van der Waals surface area contributed by atoms with Gasteiger partial charge in [0.05, 0.1) is 0 Å². The Morgan fingerprint density at radius 1 is 1.40 bits per heavy atom. The zero-order valence-electron chi connectivity index (χ0n) is 9.98. The molecule has 1 amide bonds. The molecular formula is C13H19NO. The van der Waals surface area contributed by atoms with Crippen molar-refractivity contribution in [1.29, 1.82) is 0 Å². The fourth-order valence-electron chi connectivity index (χ4n) is 2.32. The van der Waals surface area contributed by atoms with Crippen LogP contribution < -0.4 is 5.32 Å². The van der Waals surface area contributed by atoms with E-state index in [1.54, 1.807) is 0 Å². The smallest absolute Gasteiger partial charge is 0.251 e. The standard InChI is InChI=1S/C13H19NO/c1-8-5-9(13(2,3)4)6-10-11(8)7-14-12(10)15/h6,8H,5,7H2,1-4H3,(H,14,15). The first kappa shape index (κ1) is 10.5. The number of hydrogen-bond acceptors (Lipinski definition) is 1. The molecule has 0 saturated carbocycles.